The van der Waals surface area contributed by atoms with Crippen LogP contribution in [0.2, 0.25) is 0 Å². The molecule has 0 atom stereocenters. The second-order valence-electron chi connectivity index (χ2n) is 2.34. The topological polar surface area (TPSA) is 29.1 Å². The second-order valence-corrected chi connectivity index (χ2v) is 2.34. The summed E-state index contributed by atoms with van der Waals surface area (Å²) in [5, 5.41) is 2.92. The summed E-state index contributed by atoms with van der Waals surface area (Å²) >= 11 is 0. The number of nitrogens with one attached hydrogen (secondary N) is 1. The van der Waals surface area contributed by atoms with Crippen LogP contribution in [-0.2, 0) is 4.79 Å². The maximum atomic E-state index is 10.5. The standard InChI is InChI=1S/C8H13NO/c1-6(2)9-7(3)5-8(4)10/h5,9H,1H2,2-4H3. The third kappa shape index (κ3) is 5.09. The summed E-state index contributed by atoms with van der Waals surface area (Å²) in [6.45, 7) is 8.83. The van der Waals surface area contributed by atoms with Crippen molar-refractivity contribution in [3.05, 3.63) is 24.0 Å². The molecule has 0 aromatic carbocycles. The number of ketones is 1. The Morgan fingerprint density at radius 3 is 2.20 bits per heavy atom. The van der Waals surface area contributed by atoms with Gasteiger partial charge in [-0.3, -0.25) is 4.79 Å². The second kappa shape index (κ2) is 3.88. The van der Waals surface area contributed by atoms with Crippen molar-refractivity contribution in [2.24, 2.45) is 0 Å². The minimum atomic E-state index is 0.0475. The Balaban J connectivity index is 3.95. The molecule has 0 bridgehead atoms. The summed E-state index contributed by atoms with van der Waals surface area (Å²) in [6, 6.07) is 0. The van der Waals surface area contributed by atoms with E-state index in [1.807, 2.05) is 13.8 Å². The number of hydrogen-bond acceptors (Lipinski definition) is 2. The molecule has 56 valence electrons. The first kappa shape index (κ1) is 8.95. The molecule has 0 saturated heterocycles. The van der Waals surface area contributed by atoms with Crippen LogP contribution in [0.4, 0.5) is 0 Å². The van der Waals surface area contributed by atoms with Crippen LogP contribution in [-0.4, -0.2) is 5.78 Å². The summed E-state index contributed by atoms with van der Waals surface area (Å²) in [5.74, 6) is 0.0475. The fourth-order valence-corrected chi connectivity index (χ4v) is 0.678. The van der Waals surface area contributed by atoms with Crippen LogP contribution >= 0.6 is 0 Å². The Bertz CT molecular complexity index is 180. The van der Waals surface area contributed by atoms with Gasteiger partial charge in [0.1, 0.15) is 0 Å². The Labute approximate surface area is 61.6 Å². The monoisotopic (exact) mass is 139 g/mol. The summed E-state index contributed by atoms with van der Waals surface area (Å²) in [4.78, 5) is 10.5. The lowest BCUT2D eigenvalue weighted by atomic mass is 10.3. The highest BCUT2D eigenvalue weighted by atomic mass is 16.1. The molecule has 0 unspecified atom stereocenters. The van der Waals surface area contributed by atoms with E-state index in [0.717, 1.165) is 11.4 Å². The van der Waals surface area contributed by atoms with E-state index in [1.54, 1.807) is 0 Å². The van der Waals surface area contributed by atoms with Crippen molar-refractivity contribution in [3.63, 3.8) is 0 Å². The molecular weight excluding hydrogens is 126 g/mol. The van der Waals surface area contributed by atoms with E-state index in [9.17, 15) is 4.79 Å². The number of hydrogen-bond donors (Lipinski definition) is 1. The Morgan fingerprint density at radius 1 is 1.40 bits per heavy atom. The molecule has 0 heterocycles. The van der Waals surface area contributed by atoms with Crippen molar-refractivity contribution in [1.82, 2.24) is 5.32 Å². The van der Waals surface area contributed by atoms with Crippen LogP contribution in [0.5, 0.6) is 0 Å². The lowest BCUT2D eigenvalue weighted by Crippen LogP contribution is -2.07. The van der Waals surface area contributed by atoms with Crippen molar-refractivity contribution in [3.8, 4) is 0 Å². The van der Waals surface area contributed by atoms with Gasteiger partial charge in [0, 0.05) is 11.4 Å². The smallest absolute Gasteiger partial charge is 0.154 e. The van der Waals surface area contributed by atoms with Gasteiger partial charge >= 0.3 is 0 Å². The summed E-state index contributed by atoms with van der Waals surface area (Å²) < 4.78 is 0. The number of allylic oxidation sites excluding steroid dienone is 3. The zero-order chi connectivity index (χ0) is 8.15. The molecule has 0 fully saturated rings. The van der Waals surface area contributed by atoms with Crippen molar-refractivity contribution in [2.45, 2.75) is 20.8 Å². The molecule has 0 amide bonds. The van der Waals surface area contributed by atoms with Crippen LogP contribution in [0.25, 0.3) is 0 Å². The molecule has 0 saturated carbocycles. The summed E-state index contributed by atoms with van der Waals surface area (Å²) in [5.41, 5.74) is 1.68. The fraction of sp³-hybridized carbons (Fsp3) is 0.375. The van der Waals surface area contributed by atoms with Gasteiger partial charge in [0.15, 0.2) is 5.78 Å². The maximum absolute atomic E-state index is 10.5. The fourth-order valence-electron chi connectivity index (χ4n) is 0.678. The Kier molecular flexibility index (Phi) is 3.47. The lowest BCUT2D eigenvalue weighted by molar-refractivity contribution is -0.112. The highest BCUT2D eigenvalue weighted by Gasteiger charge is 1.89. The predicted octanol–water partition coefficient (Wildman–Crippen LogP) is 1.60. The van der Waals surface area contributed by atoms with Crippen LogP contribution in [0.3, 0.4) is 0 Å². The first-order chi connectivity index (χ1) is 4.52. The molecule has 2 heteroatoms. The minimum absolute atomic E-state index is 0.0475. The van der Waals surface area contributed by atoms with E-state index in [1.165, 1.54) is 13.0 Å². The minimum Gasteiger partial charge on any atom is -0.363 e. The van der Waals surface area contributed by atoms with Crippen molar-refractivity contribution in [1.29, 1.82) is 0 Å². The van der Waals surface area contributed by atoms with Gasteiger partial charge in [0.05, 0.1) is 0 Å². The molecule has 0 spiro atoms. The predicted molar refractivity (Wildman–Crippen MR) is 42.4 cm³/mol. The quantitative estimate of drug-likeness (QED) is 0.602. The van der Waals surface area contributed by atoms with Gasteiger partial charge in [-0.2, -0.15) is 0 Å². The van der Waals surface area contributed by atoms with Crippen molar-refractivity contribution < 1.29 is 4.79 Å². The molecule has 0 radical (unpaired) electrons. The van der Waals surface area contributed by atoms with Gasteiger partial charge in [0.2, 0.25) is 0 Å². The summed E-state index contributed by atoms with van der Waals surface area (Å²) in [7, 11) is 0. The van der Waals surface area contributed by atoms with Gasteiger partial charge in [-0.1, -0.05) is 6.58 Å². The average Bonchev–Trinajstić information content (AvgIpc) is 1.58. The number of rotatable bonds is 3. The van der Waals surface area contributed by atoms with E-state index in [0.29, 0.717) is 0 Å². The Hall–Kier alpha value is -1.05. The molecule has 0 rings (SSSR count). The molecule has 0 aromatic rings. The SMILES string of the molecule is C=C(C)NC(C)=CC(C)=O. The maximum Gasteiger partial charge on any atom is 0.154 e. The molecule has 0 aliphatic heterocycles. The first-order valence-electron chi connectivity index (χ1n) is 3.14. The third-order valence-corrected chi connectivity index (χ3v) is 0.830. The van der Waals surface area contributed by atoms with E-state index < -0.39 is 0 Å². The van der Waals surface area contributed by atoms with E-state index >= 15 is 0 Å². The van der Waals surface area contributed by atoms with Crippen LogP contribution in [0.15, 0.2) is 24.0 Å². The molecule has 1 N–H and O–H groups in total. The molecule has 10 heavy (non-hydrogen) atoms. The zero-order valence-electron chi connectivity index (χ0n) is 6.69. The third-order valence-electron chi connectivity index (χ3n) is 0.830. The van der Waals surface area contributed by atoms with Crippen molar-refractivity contribution >= 4 is 5.78 Å². The normalized spacial score (nSPS) is 10.9. The highest BCUT2D eigenvalue weighted by Crippen LogP contribution is 1.90. The van der Waals surface area contributed by atoms with Gasteiger partial charge in [-0.05, 0) is 26.8 Å². The highest BCUT2D eigenvalue weighted by molar-refractivity contribution is 5.87. The average molecular weight is 139 g/mol. The Morgan fingerprint density at radius 2 is 1.90 bits per heavy atom. The van der Waals surface area contributed by atoms with E-state index in [4.69, 9.17) is 0 Å². The first-order valence-corrected chi connectivity index (χ1v) is 3.14. The van der Waals surface area contributed by atoms with Gasteiger partial charge in [0.25, 0.3) is 0 Å². The van der Waals surface area contributed by atoms with Crippen LogP contribution in [0.1, 0.15) is 20.8 Å². The van der Waals surface area contributed by atoms with Gasteiger partial charge in [-0.15, -0.1) is 0 Å². The molecule has 0 aromatic heterocycles. The van der Waals surface area contributed by atoms with Crippen LogP contribution in [0, 0.1) is 0 Å². The van der Waals surface area contributed by atoms with E-state index in [2.05, 4.69) is 11.9 Å². The summed E-state index contributed by atoms with van der Waals surface area (Å²) in [6.07, 6.45) is 1.54. The van der Waals surface area contributed by atoms with Gasteiger partial charge < -0.3 is 5.32 Å². The lowest BCUT2D eigenvalue weighted by Gasteiger charge is -2.02. The van der Waals surface area contributed by atoms with Crippen LogP contribution < -0.4 is 5.32 Å². The van der Waals surface area contributed by atoms with Gasteiger partial charge in [-0.25, -0.2) is 0 Å². The van der Waals surface area contributed by atoms with Crippen molar-refractivity contribution in [2.75, 3.05) is 0 Å². The molecular formula is C8H13NO. The molecule has 0 aliphatic carbocycles. The number of carbonyl (C=O) groups excluding carboxylic acids is 1. The molecule has 0 aliphatic rings. The number of carbonyl (C=O) groups is 1. The largest absolute Gasteiger partial charge is 0.363 e. The zero-order valence-corrected chi connectivity index (χ0v) is 6.69. The van der Waals surface area contributed by atoms with E-state index in [-0.39, 0.29) is 5.78 Å². The molecule has 2 nitrogen and oxygen atoms in total.